The first kappa shape index (κ1) is 13.1. The Labute approximate surface area is 110 Å². The zero-order valence-corrected chi connectivity index (χ0v) is 11.6. The molecule has 2 nitrogen and oxygen atoms in total. The minimum Gasteiger partial charge on any atom is -0.296 e. The molecule has 0 aromatic heterocycles. The molecule has 0 bridgehead atoms. The van der Waals surface area contributed by atoms with E-state index in [4.69, 9.17) is 0 Å². The molecule has 2 heteroatoms. The van der Waals surface area contributed by atoms with Crippen LogP contribution >= 0.6 is 0 Å². The molecular weight excluding hydrogens is 220 g/mol. The van der Waals surface area contributed by atoms with Crippen molar-refractivity contribution in [1.82, 2.24) is 5.32 Å². The standard InChI is InChI=1S/C16H22N2/c1-15(2,3)13-6-8-14(9-7-13)16(12-17)10-4-5-11-18-16/h6-9,18H,4-5,10-11H2,1-3H3. The fourth-order valence-corrected chi connectivity index (χ4v) is 2.57. The summed E-state index contributed by atoms with van der Waals surface area (Å²) in [7, 11) is 0. The molecule has 1 aromatic carbocycles. The molecule has 0 saturated carbocycles. The van der Waals surface area contributed by atoms with Gasteiger partial charge in [0.25, 0.3) is 0 Å². The number of rotatable bonds is 1. The summed E-state index contributed by atoms with van der Waals surface area (Å²) in [5.41, 5.74) is 2.13. The summed E-state index contributed by atoms with van der Waals surface area (Å²) in [6.45, 7) is 7.57. The lowest BCUT2D eigenvalue weighted by atomic mass is 9.81. The van der Waals surface area contributed by atoms with E-state index in [2.05, 4.69) is 56.4 Å². The van der Waals surface area contributed by atoms with Gasteiger partial charge in [0.05, 0.1) is 6.07 Å². The molecule has 1 heterocycles. The Balaban J connectivity index is 2.31. The molecule has 1 N–H and O–H groups in total. The van der Waals surface area contributed by atoms with Gasteiger partial charge in [-0.15, -0.1) is 0 Å². The van der Waals surface area contributed by atoms with Gasteiger partial charge in [-0.1, -0.05) is 45.0 Å². The number of benzene rings is 1. The van der Waals surface area contributed by atoms with Crippen molar-refractivity contribution in [3.8, 4) is 6.07 Å². The van der Waals surface area contributed by atoms with Crippen molar-refractivity contribution in [2.45, 2.75) is 51.0 Å². The second-order valence-electron chi connectivity index (χ2n) is 6.23. The van der Waals surface area contributed by atoms with E-state index in [0.29, 0.717) is 0 Å². The second kappa shape index (κ2) is 4.74. The Kier molecular flexibility index (Phi) is 3.45. The largest absolute Gasteiger partial charge is 0.296 e. The molecule has 0 amide bonds. The van der Waals surface area contributed by atoms with Crippen LogP contribution in [0.2, 0.25) is 0 Å². The minimum absolute atomic E-state index is 0.165. The number of hydrogen-bond donors (Lipinski definition) is 1. The highest BCUT2D eigenvalue weighted by Gasteiger charge is 2.33. The Morgan fingerprint density at radius 1 is 1.17 bits per heavy atom. The van der Waals surface area contributed by atoms with Gasteiger partial charge >= 0.3 is 0 Å². The highest BCUT2D eigenvalue weighted by atomic mass is 15.0. The van der Waals surface area contributed by atoms with Crippen LogP contribution in [-0.4, -0.2) is 6.54 Å². The predicted molar refractivity (Wildman–Crippen MR) is 74.3 cm³/mol. The van der Waals surface area contributed by atoms with Crippen LogP contribution in [0, 0.1) is 11.3 Å². The first-order valence-corrected chi connectivity index (χ1v) is 6.75. The van der Waals surface area contributed by atoms with Gasteiger partial charge in [-0.25, -0.2) is 0 Å². The van der Waals surface area contributed by atoms with E-state index >= 15 is 0 Å². The molecule has 1 unspecified atom stereocenters. The average molecular weight is 242 g/mol. The van der Waals surface area contributed by atoms with Gasteiger partial charge in [-0.2, -0.15) is 5.26 Å². The lowest BCUT2D eigenvalue weighted by Crippen LogP contribution is -2.44. The fourth-order valence-electron chi connectivity index (χ4n) is 2.57. The van der Waals surface area contributed by atoms with Crippen molar-refractivity contribution < 1.29 is 0 Å². The zero-order valence-electron chi connectivity index (χ0n) is 11.6. The Hall–Kier alpha value is -1.33. The van der Waals surface area contributed by atoms with E-state index in [1.807, 2.05) is 0 Å². The maximum atomic E-state index is 9.51. The summed E-state index contributed by atoms with van der Waals surface area (Å²) in [5, 5.41) is 12.9. The van der Waals surface area contributed by atoms with E-state index in [1.54, 1.807) is 0 Å². The number of nitrogens with one attached hydrogen (secondary N) is 1. The summed E-state index contributed by atoms with van der Waals surface area (Å²) in [6.07, 6.45) is 3.21. The van der Waals surface area contributed by atoms with Gasteiger partial charge in [0.15, 0.2) is 0 Å². The Morgan fingerprint density at radius 3 is 2.28 bits per heavy atom. The number of hydrogen-bond acceptors (Lipinski definition) is 2. The monoisotopic (exact) mass is 242 g/mol. The maximum absolute atomic E-state index is 9.51. The van der Waals surface area contributed by atoms with Crippen LogP contribution < -0.4 is 5.32 Å². The van der Waals surface area contributed by atoms with E-state index in [0.717, 1.165) is 24.9 Å². The summed E-state index contributed by atoms with van der Waals surface area (Å²) in [5.74, 6) is 0. The molecule has 1 aromatic rings. The third-order valence-corrected chi connectivity index (χ3v) is 3.84. The van der Waals surface area contributed by atoms with Crippen molar-refractivity contribution in [1.29, 1.82) is 5.26 Å². The molecule has 18 heavy (non-hydrogen) atoms. The molecule has 1 aliphatic rings. The smallest absolute Gasteiger partial charge is 0.132 e. The van der Waals surface area contributed by atoms with Crippen LogP contribution in [0.4, 0.5) is 0 Å². The zero-order chi connectivity index (χ0) is 13.2. The van der Waals surface area contributed by atoms with Crippen LogP contribution in [0.25, 0.3) is 0 Å². The lowest BCUT2D eigenvalue weighted by Gasteiger charge is -2.33. The molecule has 0 spiro atoms. The van der Waals surface area contributed by atoms with Crippen molar-refractivity contribution in [3.63, 3.8) is 0 Å². The Bertz CT molecular complexity index is 439. The lowest BCUT2D eigenvalue weighted by molar-refractivity contribution is 0.330. The highest BCUT2D eigenvalue weighted by molar-refractivity contribution is 5.36. The number of nitriles is 1. The molecular formula is C16H22N2. The first-order chi connectivity index (χ1) is 8.48. The molecule has 1 saturated heterocycles. The molecule has 1 fully saturated rings. The van der Waals surface area contributed by atoms with Crippen LogP contribution in [-0.2, 0) is 11.0 Å². The van der Waals surface area contributed by atoms with Gasteiger partial charge in [0.1, 0.15) is 5.54 Å². The average Bonchev–Trinajstić information content (AvgIpc) is 2.39. The topological polar surface area (TPSA) is 35.8 Å². The van der Waals surface area contributed by atoms with E-state index in [-0.39, 0.29) is 5.41 Å². The molecule has 0 aliphatic carbocycles. The van der Waals surface area contributed by atoms with Gasteiger partial charge in [0.2, 0.25) is 0 Å². The van der Waals surface area contributed by atoms with E-state index in [1.165, 1.54) is 12.0 Å². The van der Waals surface area contributed by atoms with Crippen molar-refractivity contribution >= 4 is 0 Å². The summed E-state index contributed by atoms with van der Waals surface area (Å²) in [4.78, 5) is 0. The fraction of sp³-hybridized carbons (Fsp3) is 0.562. The van der Waals surface area contributed by atoms with Gasteiger partial charge < -0.3 is 0 Å². The molecule has 1 atom stereocenters. The third-order valence-electron chi connectivity index (χ3n) is 3.84. The minimum atomic E-state index is -0.464. The van der Waals surface area contributed by atoms with Crippen molar-refractivity contribution in [3.05, 3.63) is 35.4 Å². The molecule has 2 rings (SSSR count). The second-order valence-corrected chi connectivity index (χ2v) is 6.23. The van der Waals surface area contributed by atoms with E-state index in [9.17, 15) is 5.26 Å². The van der Waals surface area contributed by atoms with Gasteiger partial charge in [-0.05, 0) is 42.3 Å². The summed E-state index contributed by atoms with van der Waals surface area (Å²) in [6, 6.07) is 11.0. The molecule has 0 radical (unpaired) electrons. The maximum Gasteiger partial charge on any atom is 0.132 e. The molecule has 96 valence electrons. The van der Waals surface area contributed by atoms with Crippen LogP contribution in [0.15, 0.2) is 24.3 Å². The number of nitrogens with zero attached hydrogens (tertiary/aromatic N) is 1. The van der Waals surface area contributed by atoms with Crippen LogP contribution in [0.5, 0.6) is 0 Å². The summed E-state index contributed by atoms with van der Waals surface area (Å²) >= 11 is 0. The first-order valence-electron chi connectivity index (χ1n) is 6.75. The SMILES string of the molecule is CC(C)(C)c1ccc(C2(C#N)CCCCN2)cc1. The van der Waals surface area contributed by atoms with Crippen molar-refractivity contribution in [2.75, 3.05) is 6.54 Å². The number of piperidine rings is 1. The predicted octanol–water partition coefficient (Wildman–Crippen LogP) is 3.48. The van der Waals surface area contributed by atoms with Gasteiger partial charge in [0, 0.05) is 0 Å². The van der Waals surface area contributed by atoms with Gasteiger partial charge in [-0.3, -0.25) is 5.32 Å². The van der Waals surface area contributed by atoms with E-state index < -0.39 is 5.54 Å². The van der Waals surface area contributed by atoms with Crippen LogP contribution in [0.1, 0.15) is 51.2 Å². The Morgan fingerprint density at radius 2 is 1.83 bits per heavy atom. The normalized spacial score (nSPS) is 24.6. The van der Waals surface area contributed by atoms with Crippen LogP contribution in [0.3, 0.4) is 0 Å². The van der Waals surface area contributed by atoms with Crippen molar-refractivity contribution in [2.24, 2.45) is 0 Å². The third kappa shape index (κ3) is 2.42. The molecule has 1 aliphatic heterocycles. The summed E-state index contributed by atoms with van der Waals surface area (Å²) < 4.78 is 0. The highest BCUT2D eigenvalue weighted by Crippen LogP contribution is 2.31. The quantitative estimate of drug-likeness (QED) is 0.818.